The minimum Gasteiger partial charge on any atom is -0.467 e. The van der Waals surface area contributed by atoms with Gasteiger partial charge in [0.25, 0.3) is 5.91 Å². The molecule has 5 nitrogen and oxygen atoms in total. The quantitative estimate of drug-likeness (QED) is 0.664. The van der Waals surface area contributed by atoms with Gasteiger partial charge in [0.05, 0.1) is 12.6 Å². The first kappa shape index (κ1) is 17.2. The number of rotatable bonds is 4. The summed E-state index contributed by atoms with van der Waals surface area (Å²) < 4.78 is 4.86. The Balaban J connectivity index is 1.69. The van der Waals surface area contributed by atoms with Gasteiger partial charge in [0.15, 0.2) is 0 Å². The molecule has 0 N–H and O–H groups in total. The van der Waals surface area contributed by atoms with Crippen molar-refractivity contribution in [2.24, 2.45) is 0 Å². The number of para-hydroxylation sites is 1. The number of aromatic nitrogens is 1. The highest BCUT2D eigenvalue weighted by Gasteiger charge is 2.36. The van der Waals surface area contributed by atoms with E-state index >= 15 is 0 Å². The lowest BCUT2D eigenvalue weighted by molar-refractivity contribution is -0.146. The van der Waals surface area contributed by atoms with Gasteiger partial charge in [-0.05, 0) is 35.7 Å². The van der Waals surface area contributed by atoms with Crippen molar-refractivity contribution in [3.8, 4) is 11.1 Å². The summed E-state index contributed by atoms with van der Waals surface area (Å²) >= 11 is 0. The summed E-state index contributed by atoms with van der Waals surface area (Å²) in [5.74, 6) is -0.504. The van der Waals surface area contributed by atoms with Crippen LogP contribution in [-0.4, -0.2) is 34.9 Å². The fourth-order valence-corrected chi connectivity index (χ4v) is 3.63. The molecule has 0 fully saturated rings. The summed E-state index contributed by atoms with van der Waals surface area (Å²) in [4.78, 5) is 31.0. The van der Waals surface area contributed by atoms with Crippen LogP contribution in [0.15, 0.2) is 54.7 Å². The van der Waals surface area contributed by atoms with Crippen LogP contribution < -0.4 is 0 Å². The van der Waals surface area contributed by atoms with Crippen LogP contribution in [0.3, 0.4) is 0 Å². The second-order valence-corrected chi connectivity index (χ2v) is 6.67. The highest BCUT2D eigenvalue weighted by molar-refractivity contribution is 6.01. The Morgan fingerprint density at radius 2 is 2.00 bits per heavy atom. The third-order valence-corrected chi connectivity index (χ3v) is 5.10. The molecule has 0 aliphatic carbocycles. The van der Waals surface area contributed by atoms with Crippen LogP contribution in [0.1, 0.15) is 29.3 Å². The molecule has 1 aliphatic rings. The number of benzene rings is 2. The average molecular weight is 360 g/mol. The molecular formula is C22H20N2O3. The van der Waals surface area contributed by atoms with Gasteiger partial charge in [-0.1, -0.05) is 37.3 Å². The molecule has 0 bridgehead atoms. The third kappa shape index (κ3) is 2.95. The summed E-state index contributed by atoms with van der Waals surface area (Å²) in [6.07, 6.45) is 2.35. The van der Waals surface area contributed by atoms with Crippen LogP contribution in [-0.2, 0) is 16.1 Å². The molecule has 1 amide bonds. The normalized spacial score (nSPS) is 14.3. The molecule has 1 atom stereocenters. The van der Waals surface area contributed by atoms with E-state index in [2.05, 4.69) is 11.1 Å². The maximum Gasteiger partial charge on any atom is 0.328 e. The summed E-state index contributed by atoms with van der Waals surface area (Å²) in [5, 5.41) is 1.06. The van der Waals surface area contributed by atoms with Crippen molar-refractivity contribution in [1.29, 1.82) is 0 Å². The number of esters is 1. The minimum atomic E-state index is -0.555. The maximum absolute atomic E-state index is 12.9. The average Bonchev–Trinajstić information content (AvgIpc) is 3.04. The van der Waals surface area contributed by atoms with Gasteiger partial charge in [-0.25, -0.2) is 4.79 Å². The van der Waals surface area contributed by atoms with Crippen molar-refractivity contribution in [1.82, 2.24) is 9.88 Å². The van der Waals surface area contributed by atoms with Crippen molar-refractivity contribution in [3.05, 3.63) is 65.9 Å². The van der Waals surface area contributed by atoms with Gasteiger partial charge >= 0.3 is 5.97 Å². The Kier molecular flexibility index (Phi) is 4.36. The number of methoxy groups -OCH3 is 1. The predicted molar refractivity (Wildman–Crippen MR) is 103 cm³/mol. The Bertz CT molecular complexity index is 1040. The smallest absolute Gasteiger partial charge is 0.328 e. The first-order valence-electron chi connectivity index (χ1n) is 8.99. The zero-order valence-electron chi connectivity index (χ0n) is 15.3. The van der Waals surface area contributed by atoms with Crippen LogP contribution in [0.25, 0.3) is 22.0 Å². The van der Waals surface area contributed by atoms with E-state index in [1.54, 1.807) is 4.90 Å². The van der Waals surface area contributed by atoms with E-state index in [-0.39, 0.29) is 11.9 Å². The summed E-state index contributed by atoms with van der Waals surface area (Å²) in [5.41, 5.74) is 4.41. The molecule has 1 aliphatic heterocycles. The van der Waals surface area contributed by atoms with Gasteiger partial charge in [0, 0.05) is 29.3 Å². The molecule has 1 unspecified atom stereocenters. The van der Waals surface area contributed by atoms with E-state index < -0.39 is 6.04 Å². The SMILES string of the molecule is CCC(C(=O)OC)N1Cc2ccc(-c3cnc4ccccc4c3)cc2C1=O. The number of nitrogens with zero attached hydrogens (tertiary/aromatic N) is 2. The van der Waals surface area contributed by atoms with Crippen molar-refractivity contribution >= 4 is 22.8 Å². The van der Waals surface area contributed by atoms with Gasteiger partial charge in [0.1, 0.15) is 6.04 Å². The maximum atomic E-state index is 12.9. The van der Waals surface area contributed by atoms with Gasteiger partial charge in [-0.2, -0.15) is 0 Å². The van der Waals surface area contributed by atoms with Crippen LogP contribution in [0, 0.1) is 0 Å². The molecule has 3 aromatic rings. The van der Waals surface area contributed by atoms with Crippen LogP contribution in [0.4, 0.5) is 0 Å². The molecule has 2 aromatic carbocycles. The van der Waals surface area contributed by atoms with E-state index in [9.17, 15) is 9.59 Å². The van der Waals surface area contributed by atoms with E-state index in [1.807, 2.05) is 55.6 Å². The van der Waals surface area contributed by atoms with Gasteiger partial charge in [-0.3, -0.25) is 9.78 Å². The number of hydrogen-bond acceptors (Lipinski definition) is 4. The lowest BCUT2D eigenvalue weighted by atomic mass is 10.0. The lowest BCUT2D eigenvalue weighted by Crippen LogP contribution is -2.41. The first-order valence-corrected chi connectivity index (χ1v) is 8.99. The number of carbonyl (C=O) groups excluding carboxylic acids is 2. The largest absolute Gasteiger partial charge is 0.467 e. The number of ether oxygens (including phenoxy) is 1. The topological polar surface area (TPSA) is 59.5 Å². The van der Waals surface area contributed by atoms with Crippen molar-refractivity contribution < 1.29 is 14.3 Å². The molecule has 0 spiro atoms. The molecule has 1 aromatic heterocycles. The second-order valence-electron chi connectivity index (χ2n) is 6.67. The van der Waals surface area contributed by atoms with Crippen LogP contribution in [0.5, 0.6) is 0 Å². The van der Waals surface area contributed by atoms with E-state index in [4.69, 9.17) is 4.74 Å². The van der Waals surface area contributed by atoms with Crippen LogP contribution in [0.2, 0.25) is 0 Å². The van der Waals surface area contributed by atoms with Crippen molar-refractivity contribution in [3.63, 3.8) is 0 Å². The number of hydrogen-bond donors (Lipinski definition) is 0. The van der Waals surface area contributed by atoms with Crippen molar-refractivity contribution in [2.45, 2.75) is 25.9 Å². The zero-order valence-corrected chi connectivity index (χ0v) is 15.3. The molecule has 136 valence electrons. The number of pyridine rings is 1. The van der Waals surface area contributed by atoms with E-state index in [1.165, 1.54) is 7.11 Å². The van der Waals surface area contributed by atoms with Crippen molar-refractivity contribution in [2.75, 3.05) is 7.11 Å². The highest BCUT2D eigenvalue weighted by Crippen LogP contribution is 2.31. The second kappa shape index (κ2) is 6.83. The number of carbonyl (C=O) groups is 2. The molecule has 5 heteroatoms. The van der Waals surface area contributed by atoms with Gasteiger partial charge in [-0.15, -0.1) is 0 Å². The van der Waals surface area contributed by atoms with E-state index in [0.717, 1.165) is 27.6 Å². The van der Waals surface area contributed by atoms with Gasteiger partial charge < -0.3 is 9.64 Å². The minimum absolute atomic E-state index is 0.127. The number of amides is 1. The molecular weight excluding hydrogens is 340 g/mol. The third-order valence-electron chi connectivity index (χ3n) is 5.10. The standard InChI is InChI=1S/C22H20N2O3/c1-3-20(22(26)27-2)24-13-16-9-8-14(11-18(16)21(24)25)17-10-15-6-4-5-7-19(15)23-12-17/h4-12,20H,3,13H2,1-2H3. The highest BCUT2D eigenvalue weighted by atomic mass is 16.5. The molecule has 0 saturated heterocycles. The molecule has 2 heterocycles. The fourth-order valence-electron chi connectivity index (χ4n) is 3.63. The molecule has 0 saturated carbocycles. The number of fused-ring (bicyclic) bond motifs is 2. The first-order chi connectivity index (χ1) is 13.1. The van der Waals surface area contributed by atoms with Crippen LogP contribution >= 0.6 is 0 Å². The monoisotopic (exact) mass is 360 g/mol. The molecule has 4 rings (SSSR count). The molecule has 27 heavy (non-hydrogen) atoms. The predicted octanol–water partition coefficient (Wildman–Crippen LogP) is 3.81. The lowest BCUT2D eigenvalue weighted by Gasteiger charge is -2.24. The zero-order chi connectivity index (χ0) is 19.0. The Morgan fingerprint density at radius 3 is 2.78 bits per heavy atom. The Hall–Kier alpha value is -3.21. The molecule has 0 radical (unpaired) electrons. The Labute approximate surface area is 157 Å². The fraction of sp³-hybridized carbons (Fsp3) is 0.227. The summed E-state index contributed by atoms with van der Waals surface area (Å²) in [7, 11) is 1.35. The van der Waals surface area contributed by atoms with Gasteiger partial charge in [0.2, 0.25) is 0 Å². The Morgan fingerprint density at radius 1 is 1.19 bits per heavy atom. The summed E-state index contributed by atoms with van der Waals surface area (Å²) in [6.45, 7) is 2.31. The van der Waals surface area contributed by atoms with E-state index in [0.29, 0.717) is 18.5 Å². The summed E-state index contributed by atoms with van der Waals surface area (Å²) in [6, 6.07) is 15.3.